The van der Waals surface area contributed by atoms with Crippen LogP contribution in [0.4, 0.5) is 0 Å². The Bertz CT molecular complexity index is 627. The molecule has 1 aliphatic rings. The van der Waals surface area contributed by atoms with Gasteiger partial charge in [-0.2, -0.15) is 4.31 Å². The number of halogens is 1. The first kappa shape index (κ1) is 16.8. The van der Waals surface area contributed by atoms with Crippen LogP contribution in [-0.2, 0) is 15.9 Å². The third-order valence-corrected chi connectivity index (χ3v) is 6.88. The Labute approximate surface area is 133 Å². The largest absolute Gasteiger partial charge is 0.243 e. The van der Waals surface area contributed by atoms with Gasteiger partial charge in [0.05, 0.1) is 4.90 Å². The zero-order valence-corrected chi connectivity index (χ0v) is 14.8. The molecule has 0 bridgehead atoms. The van der Waals surface area contributed by atoms with Crippen LogP contribution in [-0.4, -0.2) is 25.3 Å². The Morgan fingerprint density at radius 3 is 2.48 bits per heavy atom. The lowest BCUT2D eigenvalue weighted by Gasteiger charge is -2.35. The van der Waals surface area contributed by atoms with E-state index in [4.69, 9.17) is 11.6 Å². The molecule has 1 aromatic rings. The molecular formula is C16H24ClNO2S. The maximum atomic E-state index is 13.0. The second-order valence-electron chi connectivity index (χ2n) is 6.27. The minimum absolute atomic E-state index is 0.0545. The van der Waals surface area contributed by atoms with Gasteiger partial charge in [-0.1, -0.05) is 13.0 Å². The van der Waals surface area contributed by atoms with E-state index in [2.05, 4.69) is 6.92 Å². The number of rotatable bonds is 3. The van der Waals surface area contributed by atoms with Crippen LogP contribution < -0.4 is 0 Å². The lowest BCUT2D eigenvalue weighted by atomic mass is 9.95. The summed E-state index contributed by atoms with van der Waals surface area (Å²) in [6.45, 7) is 8.61. The SMILES string of the molecule is Cc1cc(C)c(S(=O)(=O)N2CCC(C)CC2C)cc1CCl. The fraction of sp³-hybridized carbons (Fsp3) is 0.625. The monoisotopic (exact) mass is 329 g/mol. The molecule has 2 rings (SSSR count). The molecule has 1 fully saturated rings. The van der Waals surface area contributed by atoms with Gasteiger partial charge >= 0.3 is 0 Å². The Balaban J connectivity index is 2.44. The van der Waals surface area contributed by atoms with Gasteiger partial charge in [0.2, 0.25) is 10.0 Å². The van der Waals surface area contributed by atoms with Crippen LogP contribution in [0, 0.1) is 19.8 Å². The highest BCUT2D eigenvalue weighted by Crippen LogP contribution is 2.31. The zero-order valence-electron chi connectivity index (χ0n) is 13.2. The molecule has 0 saturated carbocycles. The molecule has 0 aliphatic carbocycles. The van der Waals surface area contributed by atoms with Crippen molar-refractivity contribution in [3.05, 3.63) is 28.8 Å². The molecule has 118 valence electrons. The van der Waals surface area contributed by atoms with E-state index in [0.29, 0.717) is 23.2 Å². The molecule has 0 spiro atoms. The van der Waals surface area contributed by atoms with Crippen molar-refractivity contribution in [2.75, 3.05) is 6.54 Å². The minimum atomic E-state index is -3.44. The van der Waals surface area contributed by atoms with Gasteiger partial charge < -0.3 is 0 Å². The third-order valence-electron chi connectivity index (χ3n) is 4.44. The Kier molecular flexibility index (Phi) is 5.01. The highest BCUT2D eigenvalue weighted by atomic mass is 35.5. The number of hydrogen-bond donors (Lipinski definition) is 0. The molecule has 21 heavy (non-hydrogen) atoms. The van der Waals surface area contributed by atoms with Gasteiger partial charge in [-0.05, 0) is 62.3 Å². The van der Waals surface area contributed by atoms with Crippen LogP contribution in [0.25, 0.3) is 0 Å². The number of nitrogens with zero attached hydrogens (tertiary/aromatic N) is 1. The lowest BCUT2D eigenvalue weighted by Crippen LogP contribution is -2.44. The van der Waals surface area contributed by atoms with Crippen molar-refractivity contribution in [2.24, 2.45) is 5.92 Å². The summed E-state index contributed by atoms with van der Waals surface area (Å²) in [6.07, 6.45) is 1.85. The van der Waals surface area contributed by atoms with Gasteiger partial charge in [-0.15, -0.1) is 11.6 Å². The van der Waals surface area contributed by atoms with E-state index < -0.39 is 10.0 Å². The number of hydrogen-bond acceptors (Lipinski definition) is 2. The van der Waals surface area contributed by atoms with Gasteiger partial charge in [0, 0.05) is 18.5 Å². The Morgan fingerprint density at radius 2 is 1.90 bits per heavy atom. The van der Waals surface area contributed by atoms with Crippen LogP contribution >= 0.6 is 11.6 Å². The molecule has 2 unspecified atom stereocenters. The van der Waals surface area contributed by atoms with Crippen LogP contribution in [0.15, 0.2) is 17.0 Å². The molecule has 0 amide bonds. The Morgan fingerprint density at radius 1 is 1.24 bits per heavy atom. The van der Waals surface area contributed by atoms with Crippen LogP contribution in [0.5, 0.6) is 0 Å². The quantitative estimate of drug-likeness (QED) is 0.790. The first-order valence-corrected chi connectivity index (χ1v) is 9.42. The molecule has 0 aromatic heterocycles. The molecule has 1 heterocycles. The van der Waals surface area contributed by atoms with Crippen LogP contribution in [0.1, 0.15) is 43.4 Å². The molecule has 0 radical (unpaired) electrons. The summed E-state index contributed by atoms with van der Waals surface area (Å²) in [6, 6.07) is 3.72. The fourth-order valence-electron chi connectivity index (χ4n) is 3.17. The highest BCUT2D eigenvalue weighted by Gasteiger charge is 2.34. The normalized spacial score (nSPS) is 24.2. The maximum absolute atomic E-state index is 13.0. The summed E-state index contributed by atoms with van der Waals surface area (Å²) in [5.74, 6) is 0.922. The molecule has 2 atom stereocenters. The predicted octanol–water partition coefficient (Wildman–Crippen LogP) is 3.85. The molecular weight excluding hydrogens is 306 g/mol. The summed E-state index contributed by atoms with van der Waals surface area (Å²) in [5.41, 5.74) is 2.73. The van der Waals surface area contributed by atoms with Crippen LogP contribution in [0.3, 0.4) is 0 Å². The second-order valence-corrected chi connectivity index (χ2v) is 8.40. The van der Waals surface area contributed by atoms with Gasteiger partial charge in [-0.3, -0.25) is 0 Å². The Hall–Kier alpha value is -0.580. The molecule has 1 saturated heterocycles. The van der Waals surface area contributed by atoms with Crippen LogP contribution in [0.2, 0.25) is 0 Å². The van der Waals surface area contributed by atoms with Gasteiger partial charge in [0.15, 0.2) is 0 Å². The summed E-state index contributed by atoms with van der Waals surface area (Å²) in [5, 5.41) is 0. The van der Waals surface area contributed by atoms with Crippen molar-refractivity contribution in [3.8, 4) is 0 Å². The van der Waals surface area contributed by atoms with Crippen molar-refractivity contribution >= 4 is 21.6 Å². The van der Waals surface area contributed by atoms with E-state index in [9.17, 15) is 8.42 Å². The topological polar surface area (TPSA) is 37.4 Å². The van der Waals surface area contributed by atoms with E-state index in [1.165, 1.54) is 0 Å². The average molecular weight is 330 g/mol. The lowest BCUT2D eigenvalue weighted by molar-refractivity contribution is 0.220. The summed E-state index contributed by atoms with van der Waals surface area (Å²) < 4.78 is 27.6. The first-order chi connectivity index (χ1) is 9.77. The number of aryl methyl sites for hydroxylation is 2. The fourth-order valence-corrected chi connectivity index (χ4v) is 5.37. The summed E-state index contributed by atoms with van der Waals surface area (Å²) >= 11 is 5.93. The number of sulfonamides is 1. The van der Waals surface area contributed by atoms with Crippen molar-refractivity contribution in [2.45, 2.75) is 57.4 Å². The second kappa shape index (κ2) is 6.27. The average Bonchev–Trinajstić information content (AvgIpc) is 2.37. The molecule has 1 aliphatic heterocycles. The first-order valence-electron chi connectivity index (χ1n) is 7.45. The zero-order chi connectivity index (χ0) is 15.8. The van der Waals surface area contributed by atoms with Gasteiger partial charge in [0.25, 0.3) is 0 Å². The van der Waals surface area contributed by atoms with Crippen molar-refractivity contribution in [1.29, 1.82) is 0 Å². The maximum Gasteiger partial charge on any atom is 0.243 e. The molecule has 3 nitrogen and oxygen atoms in total. The van der Waals surface area contributed by atoms with Crippen molar-refractivity contribution in [3.63, 3.8) is 0 Å². The van der Waals surface area contributed by atoms with E-state index in [1.807, 2.05) is 26.8 Å². The predicted molar refractivity (Wildman–Crippen MR) is 87.2 cm³/mol. The molecule has 0 N–H and O–H groups in total. The van der Waals surface area contributed by atoms with E-state index >= 15 is 0 Å². The van der Waals surface area contributed by atoms with Crippen molar-refractivity contribution < 1.29 is 8.42 Å². The molecule has 1 aromatic carbocycles. The number of benzene rings is 1. The highest BCUT2D eigenvalue weighted by molar-refractivity contribution is 7.89. The number of alkyl halides is 1. The van der Waals surface area contributed by atoms with Gasteiger partial charge in [-0.25, -0.2) is 8.42 Å². The standard InChI is InChI=1S/C16H24ClNO2S/c1-11-5-6-18(14(4)7-11)21(19,20)16-9-15(10-17)12(2)8-13(16)3/h8-9,11,14H,5-7,10H2,1-4H3. The number of piperidine rings is 1. The molecule has 5 heteroatoms. The third kappa shape index (κ3) is 3.27. The summed E-state index contributed by atoms with van der Waals surface area (Å²) in [7, 11) is -3.44. The summed E-state index contributed by atoms with van der Waals surface area (Å²) in [4.78, 5) is 0.408. The van der Waals surface area contributed by atoms with E-state index in [-0.39, 0.29) is 6.04 Å². The minimum Gasteiger partial charge on any atom is -0.207 e. The van der Waals surface area contributed by atoms with E-state index in [1.54, 1.807) is 10.4 Å². The van der Waals surface area contributed by atoms with Gasteiger partial charge in [0.1, 0.15) is 0 Å². The smallest absolute Gasteiger partial charge is 0.207 e. The van der Waals surface area contributed by atoms with E-state index in [0.717, 1.165) is 29.5 Å². The van der Waals surface area contributed by atoms with Crippen molar-refractivity contribution in [1.82, 2.24) is 4.31 Å².